The number of benzene rings is 3. The lowest BCUT2D eigenvalue weighted by atomic mass is 10.0. The number of nitrogens with zero attached hydrogens (tertiary/aromatic N) is 2. The second-order valence-corrected chi connectivity index (χ2v) is 7.93. The molecule has 164 valence electrons. The van der Waals surface area contributed by atoms with Crippen LogP contribution in [0.5, 0.6) is 5.88 Å². The van der Waals surface area contributed by atoms with Crippen LogP contribution in [0.25, 0.3) is 11.4 Å². The van der Waals surface area contributed by atoms with Gasteiger partial charge in [0.05, 0.1) is 22.5 Å². The first-order chi connectivity index (χ1) is 15.1. The van der Waals surface area contributed by atoms with Gasteiger partial charge in [0.25, 0.3) is 5.56 Å². The molecular formula is C23H15Cl2F3N2O2. The Hall–Kier alpha value is -3.16. The molecule has 0 aliphatic carbocycles. The van der Waals surface area contributed by atoms with Gasteiger partial charge in [0.1, 0.15) is 0 Å². The number of aromatic nitrogens is 2. The average molecular weight is 479 g/mol. The van der Waals surface area contributed by atoms with E-state index in [-0.39, 0.29) is 23.4 Å². The molecule has 0 aliphatic heterocycles. The first kappa shape index (κ1) is 22.0. The highest BCUT2D eigenvalue weighted by Gasteiger charge is 2.31. The summed E-state index contributed by atoms with van der Waals surface area (Å²) >= 11 is 11.9. The lowest BCUT2D eigenvalue weighted by Gasteiger charge is -2.13. The van der Waals surface area contributed by atoms with Crippen molar-refractivity contribution in [2.24, 2.45) is 0 Å². The van der Waals surface area contributed by atoms with Gasteiger partial charge in [-0.15, -0.1) is 0 Å². The lowest BCUT2D eigenvalue weighted by molar-refractivity contribution is -0.137. The third-order valence-corrected chi connectivity index (χ3v) is 5.40. The molecule has 1 N–H and O–H groups in total. The predicted octanol–water partition coefficient (Wildman–Crippen LogP) is 6.25. The Labute approximate surface area is 190 Å². The molecule has 4 aromatic rings. The van der Waals surface area contributed by atoms with E-state index in [0.717, 1.165) is 12.1 Å². The molecule has 0 atom stereocenters. The summed E-state index contributed by atoms with van der Waals surface area (Å²) in [5.41, 5.74) is -0.353. The maximum absolute atomic E-state index is 13.3. The SMILES string of the molecule is O=c1c(Cc2cccc(C(F)(F)F)c2)c(O)n(-c2ccc(Cl)cc2)n1-c1ccc(Cl)cc1. The van der Waals surface area contributed by atoms with Crippen molar-refractivity contribution in [2.75, 3.05) is 0 Å². The van der Waals surface area contributed by atoms with Crippen LogP contribution in [-0.2, 0) is 12.6 Å². The van der Waals surface area contributed by atoms with Gasteiger partial charge in [-0.3, -0.25) is 4.79 Å². The smallest absolute Gasteiger partial charge is 0.416 e. The molecule has 0 fully saturated rings. The van der Waals surface area contributed by atoms with E-state index in [2.05, 4.69) is 0 Å². The van der Waals surface area contributed by atoms with Crippen molar-refractivity contribution in [3.63, 3.8) is 0 Å². The van der Waals surface area contributed by atoms with Gasteiger partial charge in [0, 0.05) is 16.5 Å². The van der Waals surface area contributed by atoms with Gasteiger partial charge in [-0.1, -0.05) is 41.4 Å². The summed E-state index contributed by atoms with van der Waals surface area (Å²) in [6, 6.07) is 17.5. The fourth-order valence-electron chi connectivity index (χ4n) is 3.39. The van der Waals surface area contributed by atoms with E-state index >= 15 is 0 Å². The van der Waals surface area contributed by atoms with E-state index in [1.807, 2.05) is 0 Å². The molecule has 1 heterocycles. The van der Waals surface area contributed by atoms with Crippen molar-refractivity contribution in [3.05, 3.63) is 110 Å². The topological polar surface area (TPSA) is 47.2 Å². The van der Waals surface area contributed by atoms with E-state index in [4.69, 9.17) is 23.2 Å². The van der Waals surface area contributed by atoms with Crippen LogP contribution in [0.1, 0.15) is 16.7 Å². The highest BCUT2D eigenvalue weighted by molar-refractivity contribution is 6.30. The van der Waals surface area contributed by atoms with E-state index < -0.39 is 17.3 Å². The largest absolute Gasteiger partial charge is 0.493 e. The number of aromatic hydroxyl groups is 1. The highest BCUT2D eigenvalue weighted by Crippen LogP contribution is 2.31. The van der Waals surface area contributed by atoms with Gasteiger partial charge >= 0.3 is 6.18 Å². The summed E-state index contributed by atoms with van der Waals surface area (Å²) in [4.78, 5) is 13.3. The molecule has 32 heavy (non-hydrogen) atoms. The Bertz CT molecular complexity index is 1330. The molecule has 0 spiro atoms. The van der Waals surface area contributed by atoms with Crippen LogP contribution in [0.15, 0.2) is 77.6 Å². The third kappa shape index (κ3) is 4.26. The van der Waals surface area contributed by atoms with Gasteiger partial charge in [-0.2, -0.15) is 13.2 Å². The van der Waals surface area contributed by atoms with Gasteiger partial charge in [0.2, 0.25) is 5.88 Å². The molecule has 4 rings (SSSR count). The first-order valence-electron chi connectivity index (χ1n) is 9.39. The van der Waals surface area contributed by atoms with Crippen LogP contribution in [0.3, 0.4) is 0 Å². The molecule has 3 aromatic carbocycles. The van der Waals surface area contributed by atoms with Crippen molar-refractivity contribution >= 4 is 23.2 Å². The molecule has 0 aliphatic rings. The van der Waals surface area contributed by atoms with Crippen molar-refractivity contribution in [1.29, 1.82) is 0 Å². The van der Waals surface area contributed by atoms with Gasteiger partial charge in [-0.25, -0.2) is 9.36 Å². The normalized spacial score (nSPS) is 11.7. The number of hydrogen-bond donors (Lipinski definition) is 1. The molecule has 0 bridgehead atoms. The van der Waals surface area contributed by atoms with Gasteiger partial charge in [0.15, 0.2) is 0 Å². The van der Waals surface area contributed by atoms with Crippen molar-refractivity contribution in [1.82, 2.24) is 9.36 Å². The van der Waals surface area contributed by atoms with Crippen molar-refractivity contribution in [2.45, 2.75) is 12.6 Å². The molecule has 0 saturated carbocycles. The summed E-state index contributed by atoms with van der Waals surface area (Å²) in [7, 11) is 0. The molecular weight excluding hydrogens is 464 g/mol. The summed E-state index contributed by atoms with van der Waals surface area (Å²) in [5, 5.41) is 11.9. The van der Waals surface area contributed by atoms with Crippen molar-refractivity contribution in [3.8, 4) is 17.3 Å². The Morgan fingerprint density at radius 1 is 0.812 bits per heavy atom. The monoisotopic (exact) mass is 478 g/mol. The van der Waals surface area contributed by atoms with E-state index in [1.54, 1.807) is 48.5 Å². The molecule has 9 heteroatoms. The Balaban J connectivity index is 1.89. The minimum atomic E-state index is -4.52. The Kier molecular flexibility index (Phi) is 5.79. The molecule has 0 unspecified atom stereocenters. The second kappa shape index (κ2) is 8.41. The number of alkyl halides is 3. The van der Waals surface area contributed by atoms with Crippen LogP contribution < -0.4 is 5.56 Å². The van der Waals surface area contributed by atoms with Crippen LogP contribution in [0, 0.1) is 0 Å². The average Bonchev–Trinajstić information content (AvgIpc) is 2.99. The van der Waals surface area contributed by atoms with E-state index in [9.17, 15) is 23.1 Å². The summed E-state index contributed by atoms with van der Waals surface area (Å²) in [5.74, 6) is -0.385. The van der Waals surface area contributed by atoms with Crippen LogP contribution in [0.2, 0.25) is 10.0 Å². The fraction of sp³-hybridized carbons (Fsp3) is 0.0870. The third-order valence-electron chi connectivity index (χ3n) is 4.90. The number of halogens is 5. The van der Waals surface area contributed by atoms with Crippen molar-refractivity contribution < 1.29 is 18.3 Å². The zero-order valence-corrected chi connectivity index (χ0v) is 17.8. The van der Waals surface area contributed by atoms with Gasteiger partial charge < -0.3 is 5.11 Å². The summed E-state index contributed by atoms with van der Waals surface area (Å²) < 4.78 is 41.8. The maximum atomic E-state index is 13.3. The lowest BCUT2D eigenvalue weighted by Crippen LogP contribution is -2.21. The van der Waals surface area contributed by atoms with Gasteiger partial charge in [-0.05, 0) is 60.2 Å². The Morgan fingerprint density at radius 2 is 1.34 bits per heavy atom. The molecule has 4 nitrogen and oxygen atoms in total. The summed E-state index contributed by atoms with van der Waals surface area (Å²) in [6.07, 6.45) is -4.71. The zero-order chi connectivity index (χ0) is 23.0. The van der Waals surface area contributed by atoms with Crippen LogP contribution >= 0.6 is 23.2 Å². The van der Waals surface area contributed by atoms with E-state index in [1.165, 1.54) is 21.5 Å². The van der Waals surface area contributed by atoms with E-state index in [0.29, 0.717) is 21.4 Å². The quantitative estimate of drug-likeness (QED) is 0.376. The molecule has 0 saturated heterocycles. The first-order valence-corrected chi connectivity index (χ1v) is 10.1. The highest BCUT2D eigenvalue weighted by atomic mass is 35.5. The zero-order valence-electron chi connectivity index (χ0n) is 16.3. The van der Waals surface area contributed by atoms with Crippen LogP contribution in [-0.4, -0.2) is 14.5 Å². The predicted molar refractivity (Wildman–Crippen MR) is 117 cm³/mol. The minimum absolute atomic E-state index is 0.0470. The standard InChI is InChI=1S/C23H15Cl2F3N2O2/c24-16-4-8-18(9-5-16)29-21(31)20(13-14-2-1-3-15(12-14)23(26,27)28)22(32)30(29)19-10-6-17(25)7-11-19/h1-12,31H,13H2. The summed E-state index contributed by atoms with van der Waals surface area (Å²) in [6.45, 7) is 0. The minimum Gasteiger partial charge on any atom is -0.493 e. The molecule has 1 aromatic heterocycles. The fourth-order valence-corrected chi connectivity index (χ4v) is 3.64. The molecule has 0 amide bonds. The number of hydrogen-bond acceptors (Lipinski definition) is 2. The van der Waals surface area contributed by atoms with Crippen LogP contribution in [0.4, 0.5) is 13.2 Å². The molecule has 0 radical (unpaired) electrons. The number of rotatable bonds is 4. The second-order valence-electron chi connectivity index (χ2n) is 7.06. The maximum Gasteiger partial charge on any atom is 0.416 e. The Morgan fingerprint density at radius 3 is 1.88 bits per heavy atom.